The molecule has 0 saturated carbocycles. The highest BCUT2D eigenvalue weighted by molar-refractivity contribution is 9.10. The fourth-order valence-electron chi connectivity index (χ4n) is 1.99. The molecule has 3 nitrogen and oxygen atoms in total. The summed E-state index contributed by atoms with van der Waals surface area (Å²) in [7, 11) is 0. The molecule has 1 heterocycles. The fourth-order valence-corrected chi connectivity index (χ4v) is 2.47. The van der Waals surface area contributed by atoms with Crippen molar-refractivity contribution in [2.75, 3.05) is 13.2 Å². The number of hydrogen-bond donors (Lipinski definition) is 1. The van der Waals surface area contributed by atoms with Crippen LogP contribution in [0.25, 0.3) is 0 Å². The number of carbonyl (C=O) groups is 1. The minimum atomic E-state index is -4.49. The molecular formula is C13H13BrF3NO2. The maximum Gasteiger partial charge on any atom is 0.417 e. The van der Waals surface area contributed by atoms with Crippen molar-refractivity contribution in [3.63, 3.8) is 0 Å². The van der Waals surface area contributed by atoms with Gasteiger partial charge in [-0.1, -0.05) is 15.9 Å². The second kappa shape index (κ2) is 6.13. The molecular weight excluding hydrogens is 339 g/mol. The van der Waals surface area contributed by atoms with Gasteiger partial charge in [0.25, 0.3) is 5.91 Å². The van der Waals surface area contributed by atoms with Crippen molar-refractivity contribution in [2.24, 2.45) is 0 Å². The highest BCUT2D eigenvalue weighted by atomic mass is 79.9. The predicted molar refractivity (Wildman–Crippen MR) is 70.5 cm³/mol. The summed E-state index contributed by atoms with van der Waals surface area (Å²) in [4.78, 5) is 12.0. The molecule has 0 spiro atoms. The molecule has 1 N–H and O–H groups in total. The SMILES string of the molecule is O=C(NC1CCOCC1)c1ccc(Br)c(C(F)(F)F)c1. The average molecular weight is 352 g/mol. The van der Waals surface area contributed by atoms with E-state index in [1.165, 1.54) is 12.1 Å². The highest BCUT2D eigenvalue weighted by Crippen LogP contribution is 2.35. The Bertz CT molecular complexity index is 499. The van der Waals surface area contributed by atoms with Crippen LogP contribution in [-0.2, 0) is 10.9 Å². The summed E-state index contributed by atoms with van der Waals surface area (Å²) in [6, 6.07) is 3.42. The Morgan fingerprint density at radius 2 is 1.95 bits per heavy atom. The van der Waals surface area contributed by atoms with Crippen LogP contribution in [-0.4, -0.2) is 25.2 Å². The van der Waals surface area contributed by atoms with E-state index in [0.717, 1.165) is 6.07 Å². The van der Waals surface area contributed by atoms with Gasteiger partial charge >= 0.3 is 6.18 Å². The van der Waals surface area contributed by atoms with Crippen molar-refractivity contribution in [1.29, 1.82) is 0 Å². The molecule has 1 amide bonds. The summed E-state index contributed by atoms with van der Waals surface area (Å²) in [5.74, 6) is -0.491. The largest absolute Gasteiger partial charge is 0.417 e. The number of amides is 1. The van der Waals surface area contributed by atoms with Crippen LogP contribution in [0.3, 0.4) is 0 Å². The van der Waals surface area contributed by atoms with Crippen molar-refractivity contribution < 1.29 is 22.7 Å². The highest BCUT2D eigenvalue weighted by Gasteiger charge is 2.33. The summed E-state index contributed by atoms with van der Waals surface area (Å²) >= 11 is 2.85. The van der Waals surface area contributed by atoms with Gasteiger partial charge < -0.3 is 10.1 Å². The molecule has 0 aromatic heterocycles. The third-order valence-electron chi connectivity index (χ3n) is 3.09. The lowest BCUT2D eigenvalue weighted by Crippen LogP contribution is -2.38. The lowest BCUT2D eigenvalue weighted by molar-refractivity contribution is -0.138. The normalized spacial score (nSPS) is 17.0. The lowest BCUT2D eigenvalue weighted by Gasteiger charge is -2.23. The van der Waals surface area contributed by atoms with Crippen LogP contribution in [0.1, 0.15) is 28.8 Å². The minimum absolute atomic E-state index is 0.00650. The summed E-state index contributed by atoms with van der Waals surface area (Å²) in [5, 5.41) is 2.73. The zero-order valence-electron chi connectivity index (χ0n) is 10.5. The smallest absolute Gasteiger partial charge is 0.381 e. The third-order valence-corrected chi connectivity index (χ3v) is 3.78. The number of rotatable bonds is 2. The molecule has 0 unspecified atom stereocenters. The number of nitrogens with one attached hydrogen (secondary N) is 1. The van der Waals surface area contributed by atoms with Gasteiger partial charge in [-0.15, -0.1) is 0 Å². The van der Waals surface area contributed by atoms with Crippen molar-refractivity contribution in [3.8, 4) is 0 Å². The molecule has 1 aliphatic heterocycles. The molecule has 0 atom stereocenters. The first-order valence-electron chi connectivity index (χ1n) is 6.13. The predicted octanol–water partition coefficient (Wildman–Crippen LogP) is 3.38. The molecule has 1 aromatic carbocycles. The van der Waals surface area contributed by atoms with Crippen LogP contribution >= 0.6 is 15.9 Å². The van der Waals surface area contributed by atoms with Crippen LogP contribution in [0.2, 0.25) is 0 Å². The number of ether oxygens (including phenoxy) is 1. The van der Waals surface area contributed by atoms with E-state index in [1.807, 2.05) is 0 Å². The topological polar surface area (TPSA) is 38.3 Å². The first-order chi connectivity index (χ1) is 9.38. The van der Waals surface area contributed by atoms with Crippen LogP contribution in [0, 0.1) is 0 Å². The molecule has 0 bridgehead atoms. The van der Waals surface area contributed by atoms with Gasteiger partial charge in [-0.05, 0) is 31.0 Å². The molecule has 1 aliphatic rings. The standard InChI is InChI=1S/C13H13BrF3NO2/c14-11-2-1-8(7-10(11)13(15,16)17)12(19)18-9-3-5-20-6-4-9/h1-2,7,9H,3-6H2,(H,18,19). The first-order valence-corrected chi connectivity index (χ1v) is 6.92. The molecule has 0 radical (unpaired) electrons. The van der Waals surface area contributed by atoms with Crippen molar-refractivity contribution in [3.05, 3.63) is 33.8 Å². The zero-order chi connectivity index (χ0) is 14.8. The summed E-state index contributed by atoms with van der Waals surface area (Å²) in [6.07, 6.45) is -3.14. The van der Waals surface area contributed by atoms with E-state index in [9.17, 15) is 18.0 Å². The van der Waals surface area contributed by atoms with E-state index in [0.29, 0.717) is 26.1 Å². The van der Waals surface area contributed by atoms with Gasteiger partial charge in [-0.2, -0.15) is 13.2 Å². The van der Waals surface area contributed by atoms with Crippen LogP contribution in [0.4, 0.5) is 13.2 Å². The van der Waals surface area contributed by atoms with Gasteiger partial charge in [-0.3, -0.25) is 4.79 Å². The van der Waals surface area contributed by atoms with Crippen molar-refractivity contribution in [1.82, 2.24) is 5.32 Å². The Hall–Kier alpha value is -1.08. The number of carbonyl (C=O) groups excluding carboxylic acids is 1. The maximum atomic E-state index is 12.8. The molecule has 110 valence electrons. The fraction of sp³-hybridized carbons (Fsp3) is 0.462. The van der Waals surface area contributed by atoms with Gasteiger partial charge in [0.1, 0.15) is 0 Å². The summed E-state index contributed by atoms with van der Waals surface area (Å²) in [5.41, 5.74) is -0.843. The van der Waals surface area contributed by atoms with Gasteiger partial charge in [0, 0.05) is 29.3 Å². The molecule has 1 saturated heterocycles. The number of alkyl halides is 3. The van der Waals surface area contributed by atoms with E-state index in [-0.39, 0.29) is 16.1 Å². The Morgan fingerprint density at radius 1 is 1.30 bits per heavy atom. The molecule has 1 fully saturated rings. The molecule has 0 aliphatic carbocycles. The Labute approximate surface area is 122 Å². The number of hydrogen-bond acceptors (Lipinski definition) is 2. The summed E-state index contributed by atoms with van der Waals surface area (Å²) in [6.45, 7) is 1.11. The molecule has 20 heavy (non-hydrogen) atoms. The first kappa shape index (κ1) is 15.3. The minimum Gasteiger partial charge on any atom is -0.381 e. The van der Waals surface area contributed by atoms with Gasteiger partial charge in [0.2, 0.25) is 0 Å². The second-order valence-electron chi connectivity index (χ2n) is 4.55. The van der Waals surface area contributed by atoms with E-state index >= 15 is 0 Å². The van der Waals surface area contributed by atoms with E-state index in [4.69, 9.17) is 4.74 Å². The van der Waals surface area contributed by atoms with Crippen LogP contribution < -0.4 is 5.32 Å². The second-order valence-corrected chi connectivity index (χ2v) is 5.41. The monoisotopic (exact) mass is 351 g/mol. The Balaban J connectivity index is 2.13. The van der Waals surface area contributed by atoms with Gasteiger partial charge in [-0.25, -0.2) is 0 Å². The Kier molecular flexibility index (Phi) is 4.70. The van der Waals surface area contributed by atoms with Crippen LogP contribution in [0.5, 0.6) is 0 Å². The van der Waals surface area contributed by atoms with E-state index in [2.05, 4.69) is 21.2 Å². The maximum absolute atomic E-state index is 12.8. The zero-order valence-corrected chi connectivity index (χ0v) is 12.1. The van der Waals surface area contributed by atoms with E-state index in [1.54, 1.807) is 0 Å². The van der Waals surface area contributed by atoms with Gasteiger partial charge in [0.05, 0.1) is 5.56 Å². The van der Waals surface area contributed by atoms with Crippen molar-refractivity contribution in [2.45, 2.75) is 25.1 Å². The quantitative estimate of drug-likeness (QED) is 0.886. The van der Waals surface area contributed by atoms with E-state index < -0.39 is 17.6 Å². The Morgan fingerprint density at radius 3 is 2.55 bits per heavy atom. The van der Waals surface area contributed by atoms with Gasteiger partial charge in [0.15, 0.2) is 0 Å². The lowest BCUT2D eigenvalue weighted by atomic mass is 10.1. The number of benzene rings is 1. The molecule has 1 aromatic rings. The summed E-state index contributed by atoms with van der Waals surface area (Å²) < 4.78 is 43.4. The molecule has 7 heteroatoms. The van der Waals surface area contributed by atoms with Crippen molar-refractivity contribution >= 4 is 21.8 Å². The van der Waals surface area contributed by atoms with Crippen LogP contribution in [0.15, 0.2) is 22.7 Å². The average Bonchev–Trinajstić information content (AvgIpc) is 2.39. The number of halogens is 4. The third kappa shape index (κ3) is 3.73. The molecule has 2 rings (SSSR count).